The molecule has 2 heterocycles. The lowest BCUT2D eigenvalue weighted by Crippen LogP contribution is -2.37. The third-order valence-electron chi connectivity index (χ3n) is 7.53. The number of nitrogens with one attached hydrogen (secondary N) is 1. The number of likely N-dealkylation sites (tertiary alicyclic amines) is 1. The quantitative estimate of drug-likeness (QED) is 0.499. The molecule has 9 heteroatoms. The van der Waals surface area contributed by atoms with Crippen molar-refractivity contribution < 1.29 is 19.1 Å². The summed E-state index contributed by atoms with van der Waals surface area (Å²) in [7, 11) is 0. The van der Waals surface area contributed by atoms with Crippen LogP contribution in [0.3, 0.4) is 0 Å². The molecular weight excluding hydrogens is 470 g/mol. The number of rotatable bonds is 9. The average Bonchev–Trinajstić information content (AvgIpc) is 3.16. The number of primary amides is 1. The maximum absolute atomic E-state index is 12.8. The van der Waals surface area contributed by atoms with Crippen molar-refractivity contribution in [2.45, 2.75) is 59.8 Å². The van der Waals surface area contributed by atoms with Crippen molar-refractivity contribution in [2.24, 2.45) is 17.1 Å². The van der Waals surface area contributed by atoms with Crippen LogP contribution in [0.2, 0.25) is 0 Å². The molecule has 1 aromatic heterocycles. The number of hydrogen-bond acceptors (Lipinski definition) is 6. The van der Waals surface area contributed by atoms with Crippen molar-refractivity contribution in [3.63, 3.8) is 0 Å². The number of carbonyl (C=O) groups excluding carboxylic acids is 3. The topological polar surface area (TPSA) is 120 Å². The van der Waals surface area contributed by atoms with Crippen molar-refractivity contribution in [3.05, 3.63) is 40.7 Å². The number of aryl methyl sites for hydroxylation is 1. The highest BCUT2D eigenvalue weighted by Crippen LogP contribution is 2.37. The zero-order valence-corrected chi connectivity index (χ0v) is 22.4. The molecule has 0 bridgehead atoms. The van der Waals surface area contributed by atoms with Crippen LogP contribution in [0, 0.1) is 18.3 Å². The van der Waals surface area contributed by atoms with Crippen LogP contribution in [-0.4, -0.2) is 65.1 Å². The van der Waals surface area contributed by atoms with E-state index in [-0.39, 0.29) is 17.1 Å². The molecule has 4 rings (SSSR count). The molecule has 0 saturated carbocycles. The number of carbonyl (C=O) groups is 3. The Hall–Kier alpha value is -3.20. The van der Waals surface area contributed by atoms with Crippen LogP contribution < -0.4 is 11.1 Å². The summed E-state index contributed by atoms with van der Waals surface area (Å²) in [5, 5.41) is 7.97. The molecule has 1 fully saturated rings. The Morgan fingerprint density at radius 3 is 2.59 bits per heavy atom. The number of nitrogens with two attached hydrogens (primary N) is 1. The maximum atomic E-state index is 12.8. The fraction of sp³-hybridized carbons (Fsp3) is 0.571. The van der Waals surface area contributed by atoms with Crippen molar-refractivity contribution in [3.8, 4) is 5.69 Å². The Kier molecular flexibility index (Phi) is 8.02. The lowest BCUT2D eigenvalue weighted by Gasteiger charge is -2.31. The first-order chi connectivity index (χ1) is 17.6. The molecule has 0 unspecified atom stereocenters. The number of hydrogen-bond donors (Lipinski definition) is 2. The summed E-state index contributed by atoms with van der Waals surface area (Å²) in [6, 6.07) is 5.38. The van der Waals surface area contributed by atoms with Gasteiger partial charge in [0.05, 0.1) is 34.8 Å². The summed E-state index contributed by atoms with van der Waals surface area (Å²) >= 11 is 0. The third-order valence-corrected chi connectivity index (χ3v) is 7.53. The highest BCUT2D eigenvalue weighted by molar-refractivity contribution is 6.00. The zero-order valence-electron chi connectivity index (χ0n) is 22.4. The Bertz CT molecular complexity index is 1180. The van der Waals surface area contributed by atoms with Gasteiger partial charge in [-0.3, -0.25) is 14.4 Å². The molecule has 1 aliphatic carbocycles. The molecule has 2 amide bonds. The van der Waals surface area contributed by atoms with E-state index in [9.17, 15) is 14.4 Å². The van der Waals surface area contributed by atoms with E-state index in [2.05, 4.69) is 24.3 Å². The largest absolute Gasteiger partial charge is 0.382 e. The summed E-state index contributed by atoms with van der Waals surface area (Å²) < 4.78 is 7.67. The summed E-state index contributed by atoms with van der Waals surface area (Å²) in [4.78, 5) is 38.2. The molecule has 0 radical (unpaired) electrons. The van der Waals surface area contributed by atoms with Gasteiger partial charge >= 0.3 is 0 Å². The van der Waals surface area contributed by atoms with E-state index in [1.165, 1.54) is 0 Å². The SMILES string of the molecule is CC(=O)N1CCC(CCOCCNc2cc(-n3nc(C)c4c3CC(C)(C)CC4=O)ccc2C(N)=O)CC1. The lowest BCUT2D eigenvalue weighted by atomic mass is 9.75. The normalized spacial score (nSPS) is 17.5. The van der Waals surface area contributed by atoms with E-state index < -0.39 is 5.91 Å². The molecule has 1 saturated heterocycles. The highest BCUT2D eigenvalue weighted by atomic mass is 16.5. The van der Waals surface area contributed by atoms with Gasteiger partial charge < -0.3 is 20.7 Å². The summed E-state index contributed by atoms with van der Waals surface area (Å²) in [6.07, 6.45) is 4.28. The van der Waals surface area contributed by atoms with Crippen LogP contribution in [0.15, 0.2) is 18.2 Å². The molecule has 0 atom stereocenters. The van der Waals surface area contributed by atoms with Crippen LogP contribution in [0.5, 0.6) is 0 Å². The van der Waals surface area contributed by atoms with Gasteiger partial charge in [0.2, 0.25) is 5.91 Å². The monoisotopic (exact) mass is 509 g/mol. The van der Waals surface area contributed by atoms with Crippen molar-refractivity contribution >= 4 is 23.3 Å². The number of anilines is 1. The fourth-order valence-corrected chi connectivity index (χ4v) is 5.53. The number of Topliss-reactive ketones (excluding diaryl/α,β-unsaturated/α-hetero) is 1. The van der Waals surface area contributed by atoms with Gasteiger partial charge in [-0.15, -0.1) is 0 Å². The number of fused-ring (bicyclic) bond motifs is 1. The van der Waals surface area contributed by atoms with Crippen molar-refractivity contribution in [1.82, 2.24) is 14.7 Å². The first-order valence-corrected chi connectivity index (χ1v) is 13.2. The van der Waals surface area contributed by atoms with Crippen LogP contribution in [-0.2, 0) is 16.0 Å². The number of ether oxygens (including phenoxy) is 1. The molecule has 200 valence electrons. The summed E-state index contributed by atoms with van der Waals surface area (Å²) in [5.41, 5.74) is 9.65. The second kappa shape index (κ2) is 11.0. The lowest BCUT2D eigenvalue weighted by molar-refractivity contribution is -0.130. The Morgan fingerprint density at radius 1 is 1.19 bits per heavy atom. The van der Waals surface area contributed by atoms with Crippen LogP contribution in [0.25, 0.3) is 5.69 Å². The molecule has 2 aliphatic rings. The predicted octanol–water partition coefficient (Wildman–Crippen LogP) is 3.51. The van der Waals surface area contributed by atoms with E-state index in [4.69, 9.17) is 10.5 Å². The van der Waals surface area contributed by atoms with Gasteiger partial charge in [0.25, 0.3) is 5.91 Å². The number of piperidine rings is 1. The van der Waals surface area contributed by atoms with E-state index in [0.29, 0.717) is 48.9 Å². The number of nitrogens with zero attached hydrogens (tertiary/aromatic N) is 3. The average molecular weight is 510 g/mol. The molecule has 1 aromatic carbocycles. The van der Waals surface area contributed by atoms with E-state index in [1.807, 2.05) is 28.6 Å². The number of ketones is 1. The predicted molar refractivity (Wildman–Crippen MR) is 142 cm³/mol. The third kappa shape index (κ3) is 6.21. The summed E-state index contributed by atoms with van der Waals surface area (Å²) in [5.74, 6) is 0.354. The highest BCUT2D eigenvalue weighted by Gasteiger charge is 2.35. The van der Waals surface area contributed by atoms with E-state index in [1.54, 1.807) is 13.0 Å². The molecule has 0 spiro atoms. The first kappa shape index (κ1) is 26.9. The van der Waals surface area contributed by atoms with Crippen LogP contribution in [0.1, 0.15) is 78.6 Å². The number of benzene rings is 1. The standard InChI is InChI=1S/C28H39N5O4/c1-18-26-24(16-28(3,4)17-25(26)35)33(31-18)21-5-6-22(27(29)36)23(15-21)30-10-14-37-13-9-20-7-11-32(12-8-20)19(2)34/h5-6,15,20,30H,7-14,16-17H2,1-4H3,(H2,29,36). The number of amides is 2. The fourth-order valence-electron chi connectivity index (χ4n) is 5.53. The molecular formula is C28H39N5O4. The second-order valence-corrected chi connectivity index (χ2v) is 11.1. The van der Waals surface area contributed by atoms with E-state index in [0.717, 1.165) is 55.8 Å². The van der Waals surface area contributed by atoms with Gasteiger partial charge in [0.15, 0.2) is 5.78 Å². The van der Waals surface area contributed by atoms with Gasteiger partial charge in [-0.1, -0.05) is 13.8 Å². The van der Waals surface area contributed by atoms with Gasteiger partial charge in [-0.2, -0.15) is 5.10 Å². The minimum absolute atomic E-state index is 0.128. The Morgan fingerprint density at radius 2 is 1.92 bits per heavy atom. The second-order valence-electron chi connectivity index (χ2n) is 11.1. The zero-order chi connectivity index (χ0) is 26.7. The minimum atomic E-state index is -0.512. The van der Waals surface area contributed by atoms with Crippen molar-refractivity contribution in [1.29, 1.82) is 0 Å². The molecule has 2 aromatic rings. The minimum Gasteiger partial charge on any atom is -0.382 e. The van der Waals surface area contributed by atoms with Crippen molar-refractivity contribution in [2.75, 3.05) is 38.2 Å². The first-order valence-electron chi connectivity index (χ1n) is 13.2. The molecule has 1 aliphatic heterocycles. The van der Waals surface area contributed by atoms with Gasteiger partial charge in [-0.25, -0.2) is 4.68 Å². The number of aromatic nitrogens is 2. The smallest absolute Gasteiger partial charge is 0.250 e. The van der Waals surface area contributed by atoms with Gasteiger partial charge in [-0.05, 0) is 62.1 Å². The van der Waals surface area contributed by atoms with Gasteiger partial charge in [0.1, 0.15) is 0 Å². The molecule has 37 heavy (non-hydrogen) atoms. The molecule has 3 N–H and O–H groups in total. The Balaban J connectivity index is 1.37. The van der Waals surface area contributed by atoms with Gasteiger partial charge in [0, 0.05) is 45.3 Å². The van der Waals surface area contributed by atoms with Crippen LogP contribution >= 0.6 is 0 Å². The summed E-state index contributed by atoms with van der Waals surface area (Å²) in [6.45, 7) is 11.0. The Labute approximate surface area is 218 Å². The molecule has 9 nitrogen and oxygen atoms in total. The maximum Gasteiger partial charge on any atom is 0.250 e. The van der Waals surface area contributed by atoms with E-state index >= 15 is 0 Å². The van der Waals surface area contributed by atoms with Crippen LogP contribution in [0.4, 0.5) is 5.69 Å².